The fraction of sp³-hybridized carbons (Fsp3) is 0.933. The van der Waals surface area contributed by atoms with E-state index in [9.17, 15) is 4.79 Å². The van der Waals surface area contributed by atoms with Crippen LogP contribution in [0.15, 0.2) is 0 Å². The molecule has 1 aliphatic carbocycles. The molecule has 1 atom stereocenters. The van der Waals surface area contributed by atoms with Crippen LogP contribution in [-0.4, -0.2) is 49.1 Å². The summed E-state index contributed by atoms with van der Waals surface area (Å²) in [6.45, 7) is 7.37. The molecule has 1 N–H and O–H groups in total. The maximum absolute atomic E-state index is 11.9. The van der Waals surface area contributed by atoms with Crippen molar-refractivity contribution < 1.29 is 14.3 Å². The van der Waals surface area contributed by atoms with Gasteiger partial charge in [-0.3, -0.25) is 0 Å². The minimum absolute atomic E-state index is 0.0204. The van der Waals surface area contributed by atoms with Crippen LogP contribution in [0.1, 0.15) is 46.5 Å². The van der Waals surface area contributed by atoms with Gasteiger partial charge in [-0.15, -0.1) is 0 Å². The van der Waals surface area contributed by atoms with Crippen molar-refractivity contribution in [3.8, 4) is 0 Å². The first-order chi connectivity index (χ1) is 9.42. The molecular formula is C15H28N2O3. The molecule has 20 heavy (non-hydrogen) atoms. The Bertz CT molecular complexity index is 338. The fourth-order valence-electron chi connectivity index (χ4n) is 2.74. The second-order valence-corrected chi connectivity index (χ2v) is 6.53. The Hall–Kier alpha value is -0.810. The first-order valence-corrected chi connectivity index (χ1v) is 7.74. The summed E-state index contributed by atoms with van der Waals surface area (Å²) >= 11 is 0. The molecule has 0 aromatic carbocycles. The first-order valence-electron chi connectivity index (χ1n) is 7.74. The summed E-state index contributed by atoms with van der Waals surface area (Å²) in [5.74, 6) is 0.401. The van der Waals surface area contributed by atoms with Crippen molar-refractivity contribution in [2.24, 2.45) is 5.92 Å². The predicted molar refractivity (Wildman–Crippen MR) is 77.5 cm³/mol. The van der Waals surface area contributed by atoms with Gasteiger partial charge >= 0.3 is 6.03 Å². The van der Waals surface area contributed by atoms with Gasteiger partial charge in [0, 0.05) is 32.5 Å². The van der Waals surface area contributed by atoms with Crippen molar-refractivity contribution >= 4 is 6.03 Å². The number of nitrogens with one attached hydrogen (secondary N) is 1. The number of ether oxygens (including phenoxy) is 2. The second-order valence-electron chi connectivity index (χ2n) is 6.53. The van der Waals surface area contributed by atoms with Crippen LogP contribution in [0.2, 0.25) is 0 Å². The second kappa shape index (κ2) is 6.31. The fourth-order valence-corrected chi connectivity index (χ4v) is 2.74. The van der Waals surface area contributed by atoms with Gasteiger partial charge in [0.1, 0.15) is 6.10 Å². The van der Waals surface area contributed by atoms with Crippen LogP contribution in [0.4, 0.5) is 4.79 Å². The van der Waals surface area contributed by atoms with Gasteiger partial charge in [0.05, 0.1) is 6.61 Å². The number of carbonyl (C=O) groups is 1. The molecule has 2 fully saturated rings. The zero-order valence-electron chi connectivity index (χ0n) is 13.1. The first kappa shape index (κ1) is 15.6. The minimum atomic E-state index is -0.369. The Balaban J connectivity index is 1.75. The van der Waals surface area contributed by atoms with Crippen molar-refractivity contribution in [2.45, 2.75) is 64.4 Å². The molecule has 5 heteroatoms. The molecule has 2 amide bonds. The Morgan fingerprint density at radius 1 is 1.40 bits per heavy atom. The number of amides is 2. The van der Waals surface area contributed by atoms with Crippen LogP contribution >= 0.6 is 0 Å². The zero-order valence-corrected chi connectivity index (χ0v) is 13.1. The number of nitrogens with zero attached hydrogens (tertiary/aromatic N) is 1. The van der Waals surface area contributed by atoms with Crippen LogP contribution in [0, 0.1) is 5.92 Å². The Kier molecular flexibility index (Phi) is 4.91. The average Bonchev–Trinajstić information content (AvgIpc) is 2.82. The maximum atomic E-state index is 11.9. The summed E-state index contributed by atoms with van der Waals surface area (Å²) in [4.78, 5) is 13.6. The van der Waals surface area contributed by atoms with E-state index in [0.29, 0.717) is 13.2 Å². The molecule has 1 aliphatic heterocycles. The average molecular weight is 284 g/mol. The number of hydrogen-bond donors (Lipinski definition) is 1. The molecule has 0 bridgehead atoms. The van der Waals surface area contributed by atoms with Crippen LogP contribution in [-0.2, 0) is 9.47 Å². The highest BCUT2D eigenvalue weighted by atomic mass is 16.7. The molecule has 1 saturated carbocycles. The molecule has 1 saturated heterocycles. The molecule has 0 aromatic rings. The predicted octanol–water partition coefficient (Wildman–Crippen LogP) is 2.36. The molecule has 0 radical (unpaired) electrons. The maximum Gasteiger partial charge on any atom is 0.317 e. The molecule has 5 nitrogen and oxygen atoms in total. The molecule has 2 aliphatic rings. The van der Waals surface area contributed by atoms with Gasteiger partial charge < -0.3 is 19.7 Å². The third kappa shape index (κ3) is 3.64. The zero-order chi connectivity index (χ0) is 14.8. The molecule has 1 heterocycles. The number of carbonyl (C=O) groups excluding carboxylic acids is 1. The lowest BCUT2D eigenvalue weighted by Crippen LogP contribution is -2.44. The van der Waals surface area contributed by atoms with Crippen molar-refractivity contribution in [1.29, 1.82) is 0 Å². The van der Waals surface area contributed by atoms with E-state index in [1.807, 2.05) is 13.8 Å². The summed E-state index contributed by atoms with van der Waals surface area (Å²) in [5, 5.41) is 2.92. The lowest BCUT2D eigenvalue weighted by Gasteiger charge is -2.34. The van der Waals surface area contributed by atoms with E-state index in [1.54, 1.807) is 11.9 Å². The van der Waals surface area contributed by atoms with E-state index in [2.05, 4.69) is 12.2 Å². The van der Waals surface area contributed by atoms with Gasteiger partial charge in [-0.25, -0.2) is 4.79 Å². The minimum Gasteiger partial charge on any atom is -0.347 e. The third-order valence-corrected chi connectivity index (χ3v) is 4.53. The van der Waals surface area contributed by atoms with Crippen LogP contribution in [0.5, 0.6) is 0 Å². The Labute approximate surface area is 122 Å². The highest BCUT2D eigenvalue weighted by Crippen LogP contribution is 2.39. The van der Waals surface area contributed by atoms with Gasteiger partial charge in [-0.05, 0) is 32.6 Å². The molecule has 116 valence electrons. The van der Waals surface area contributed by atoms with Crippen LogP contribution in [0.25, 0.3) is 0 Å². The van der Waals surface area contributed by atoms with E-state index in [4.69, 9.17) is 9.47 Å². The monoisotopic (exact) mass is 284 g/mol. The van der Waals surface area contributed by atoms with Gasteiger partial charge in [-0.1, -0.05) is 6.92 Å². The number of hydrogen-bond acceptors (Lipinski definition) is 3. The Morgan fingerprint density at radius 3 is 2.65 bits per heavy atom. The standard InChI is InChI=1S/C15H28N2O3/c1-11(2)17(4)14(18)16-9-13-10-19-15(20-13)7-5-12(3)6-8-15/h11-13H,5-10H2,1-4H3,(H,16,18). The molecular weight excluding hydrogens is 256 g/mol. The molecule has 2 rings (SSSR count). The summed E-state index contributed by atoms with van der Waals surface area (Å²) in [5.41, 5.74) is 0. The SMILES string of the molecule is CC1CCC2(CC1)OCC(CNC(=O)N(C)C(C)C)O2. The lowest BCUT2D eigenvalue weighted by molar-refractivity contribution is -0.191. The Morgan fingerprint density at radius 2 is 2.05 bits per heavy atom. The van der Waals surface area contributed by atoms with Gasteiger partial charge in [-0.2, -0.15) is 0 Å². The van der Waals surface area contributed by atoms with E-state index < -0.39 is 0 Å². The smallest absolute Gasteiger partial charge is 0.317 e. The van der Waals surface area contributed by atoms with Crippen molar-refractivity contribution in [1.82, 2.24) is 10.2 Å². The number of rotatable bonds is 3. The van der Waals surface area contributed by atoms with Gasteiger partial charge in [0.25, 0.3) is 0 Å². The van der Waals surface area contributed by atoms with E-state index in [-0.39, 0.29) is 24.0 Å². The van der Waals surface area contributed by atoms with E-state index in [0.717, 1.165) is 31.6 Å². The van der Waals surface area contributed by atoms with E-state index >= 15 is 0 Å². The molecule has 1 spiro atoms. The summed E-state index contributed by atoms with van der Waals surface area (Å²) < 4.78 is 12.0. The van der Waals surface area contributed by atoms with Crippen molar-refractivity contribution in [2.75, 3.05) is 20.2 Å². The highest BCUT2D eigenvalue weighted by molar-refractivity contribution is 5.74. The van der Waals surface area contributed by atoms with Crippen LogP contribution in [0.3, 0.4) is 0 Å². The van der Waals surface area contributed by atoms with Gasteiger partial charge in [0.2, 0.25) is 0 Å². The quantitative estimate of drug-likeness (QED) is 0.865. The molecule has 1 unspecified atom stereocenters. The van der Waals surface area contributed by atoms with E-state index in [1.165, 1.54) is 0 Å². The van der Waals surface area contributed by atoms with Gasteiger partial charge in [0.15, 0.2) is 5.79 Å². The highest BCUT2D eigenvalue weighted by Gasteiger charge is 2.43. The summed E-state index contributed by atoms with van der Waals surface area (Å²) in [6, 6.07) is 0.142. The number of urea groups is 1. The van der Waals surface area contributed by atoms with Crippen LogP contribution < -0.4 is 5.32 Å². The lowest BCUT2D eigenvalue weighted by atomic mass is 9.86. The summed E-state index contributed by atoms with van der Waals surface area (Å²) in [6.07, 6.45) is 4.26. The topological polar surface area (TPSA) is 50.8 Å². The summed E-state index contributed by atoms with van der Waals surface area (Å²) in [7, 11) is 1.80. The largest absolute Gasteiger partial charge is 0.347 e. The van der Waals surface area contributed by atoms with Crippen molar-refractivity contribution in [3.05, 3.63) is 0 Å². The molecule has 0 aromatic heterocycles. The van der Waals surface area contributed by atoms with Crippen molar-refractivity contribution in [3.63, 3.8) is 0 Å². The third-order valence-electron chi connectivity index (χ3n) is 4.53. The normalized spacial score (nSPS) is 33.6.